The molecule has 6 nitrogen and oxygen atoms in total. The average molecular weight is 877 g/mol. The van der Waals surface area contributed by atoms with Crippen molar-refractivity contribution in [2.24, 2.45) is 11.8 Å². The molecule has 0 bridgehead atoms. The second-order valence-electron chi connectivity index (χ2n) is 20.2. The van der Waals surface area contributed by atoms with Gasteiger partial charge in [0.15, 0.2) is 6.10 Å². The van der Waals surface area contributed by atoms with Gasteiger partial charge in [-0.25, -0.2) is 0 Å². The summed E-state index contributed by atoms with van der Waals surface area (Å²) in [5, 5.41) is 0. The number of unbranched alkanes of at least 4 members (excludes halogenated alkanes) is 35. The SMILES string of the molecule is CCCCCCCCCCCCCCCCCCC(=O)OC[C@@H](COC(=O)CCCCCCCCCCCCCCC(C)C)OC(=O)CCCCCCCCCCCCC(C)C. The van der Waals surface area contributed by atoms with Crippen LogP contribution in [0.15, 0.2) is 0 Å². The molecule has 0 aromatic carbocycles. The molecule has 0 aliphatic rings. The Bertz CT molecular complexity index is 947. The van der Waals surface area contributed by atoms with Gasteiger partial charge in [0, 0.05) is 19.3 Å². The number of hydrogen-bond acceptors (Lipinski definition) is 6. The molecule has 0 N–H and O–H groups in total. The first kappa shape index (κ1) is 60.4. The third-order valence-electron chi connectivity index (χ3n) is 12.7. The normalized spacial score (nSPS) is 12.0. The first-order chi connectivity index (χ1) is 30.2. The summed E-state index contributed by atoms with van der Waals surface area (Å²) in [6.07, 6.45) is 50.9. The highest BCUT2D eigenvalue weighted by atomic mass is 16.6. The molecule has 0 spiro atoms. The van der Waals surface area contributed by atoms with Gasteiger partial charge in [0.25, 0.3) is 0 Å². The van der Waals surface area contributed by atoms with Crippen LogP contribution in [-0.2, 0) is 28.6 Å². The summed E-state index contributed by atoms with van der Waals surface area (Å²) >= 11 is 0. The number of carbonyl (C=O) groups is 3. The third-order valence-corrected chi connectivity index (χ3v) is 12.7. The minimum Gasteiger partial charge on any atom is -0.462 e. The van der Waals surface area contributed by atoms with Crippen LogP contribution in [0.4, 0.5) is 0 Å². The summed E-state index contributed by atoms with van der Waals surface area (Å²) in [6, 6.07) is 0. The molecule has 0 amide bonds. The van der Waals surface area contributed by atoms with Crippen LogP contribution < -0.4 is 0 Å². The smallest absolute Gasteiger partial charge is 0.306 e. The van der Waals surface area contributed by atoms with E-state index in [0.29, 0.717) is 19.3 Å². The van der Waals surface area contributed by atoms with Gasteiger partial charge in [-0.1, -0.05) is 272 Å². The molecule has 0 heterocycles. The van der Waals surface area contributed by atoms with Gasteiger partial charge in [0.2, 0.25) is 0 Å². The standard InChI is InChI=1S/C56H108O6/c1-6-7-8-9-10-11-12-13-14-15-16-20-26-31-36-41-46-54(57)60-49-53(62-56(59)48-43-38-33-28-23-22-25-30-35-40-45-52(4)5)50-61-55(58)47-42-37-32-27-21-18-17-19-24-29-34-39-44-51(2)3/h51-53H,6-50H2,1-5H3/t53-/m0/s1. The fraction of sp³-hybridized carbons (Fsp3) is 0.946. The number of carbonyl (C=O) groups excluding carboxylic acids is 3. The van der Waals surface area contributed by atoms with Crippen molar-refractivity contribution in [1.82, 2.24) is 0 Å². The van der Waals surface area contributed by atoms with Crippen molar-refractivity contribution in [1.29, 1.82) is 0 Å². The van der Waals surface area contributed by atoms with Crippen LogP contribution in [0.1, 0.15) is 311 Å². The molecule has 0 saturated heterocycles. The Morgan fingerprint density at radius 3 is 0.790 bits per heavy atom. The van der Waals surface area contributed by atoms with Crippen LogP contribution in [-0.4, -0.2) is 37.2 Å². The van der Waals surface area contributed by atoms with Gasteiger partial charge in [-0.15, -0.1) is 0 Å². The van der Waals surface area contributed by atoms with E-state index in [4.69, 9.17) is 14.2 Å². The van der Waals surface area contributed by atoms with E-state index in [1.807, 2.05) is 0 Å². The monoisotopic (exact) mass is 877 g/mol. The zero-order chi connectivity index (χ0) is 45.4. The summed E-state index contributed by atoms with van der Waals surface area (Å²) in [4.78, 5) is 38.1. The Morgan fingerprint density at radius 1 is 0.306 bits per heavy atom. The highest BCUT2D eigenvalue weighted by Gasteiger charge is 2.19. The van der Waals surface area contributed by atoms with Crippen molar-refractivity contribution in [3.63, 3.8) is 0 Å². The summed E-state index contributed by atoms with van der Waals surface area (Å²) < 4.78 is 16.9. The Balaban J connectivity index is 4.30. The number of ether oxygens (including phenoxy) is 3. The Morgan fingerprint density at radius 2 is 0.532 bits per heavy atom. The summed E-state index contributed by atoms with van der Waals surface area (Å²) in [5.41, 5.74) is 0. The second kappa shape index (κ2) is 48.9. The predicted octanol–water partition coefficient (Wildman–Crippen LogP) is 18.1. The van der Waals surface area contributed by atoms with Crippen LogP contribution in [0.25, 0.3) is 0 Å². The van der Waals surface area contributed by atoms with Gasteiger partial charge in [-0.2, -0.15) is 0 Å². The van der Waals surface area contributed by atoms with Crippen LogP contribution in [0.2, 0.25) is 0 Å². The Labute approximate surface area is 387 Å². The van der Waals surface area contributed by atoms with Crippen molar-refractivity contribution in [3.05, 3.63) is 0 Å². The second-order valence-corrected chi connectivity index (χ2v) is 20.2. The number of hydrogen-bond donors (Lipinski definition) is 0. The molecule has 0 aromatic heterocycles. The zero-order valence-electron chi connectivity index (χ0n) is 42.5. The Kier molecular flexibility index (Phi) is 47.6. The van der Waals surface area contributed by atoms with Crippen LogP contribution in [0, 0.1) is 11.8 Å². The van der Waals surface area contributed by atoms with Crippen molar-refractivity contribution >= 4 is 17.9 Å². The maximum Gasteiger partial charge on any atom is 0.306 e. The molecule has 0 radical (unpaired) electrons. The molecule has 368 valence electrons. The molecular formula is C56H108O6. The van der Waals surface area contributed by atoms with E-state index < -0.39 is 6.10 Å². The van der Waals surface area contributed by atoms with Crippen molar-refractivity contribution in [3.8, 4) is 0 Å². The lowest BCUT2D eigenvalue weighted by Crippen LogP contribution is -2.30. The first-order valence-electron chi connectivity index (χ1n) is 27.7. The number of rotatable bonds is 50. The summed E-state index contributed by atoms with van der Waals surface area (Å²) in [5.74, 6) is 0.807. The quantitative estimate of drug-likeness (QED) is 0.0344. The topological polar surface area (TPSA) is 78.9 Å². The zero-order valence-corrected chi connectivity index (χ0v) is 42.5. The molecule has 0 aliphatic heterocycles. The Hall–Kier alpha value is -1.59. The largest absolute Gasteiger partial charge is 0.462 e. The van der Waals surface area contributed by atoms with E-state index in [1.54, 1.807) is 0 Å². The van der Waals surface area contributed by atoms with Gasteiger partial charge in [-0.3, -0.25) is 14.4 Å². The fourth-order valence-corrected chi connectivity index (χ4v) is 8.52. The van der Waals surface area contributed by atoms with Crippen molar-refractivity contribution < 1.29 is 28.6 Å². The van der Waals surface area contributed by atoms with E-state index in [2.05, 4.69) is 34.6 Å². The van der Waals surface area contributed by atoms with Crippen molar-refractivity contribution in [2.75, 3.05) is 13.2 Å². The van der Waals surface area contributed by atoms with Crippen LogP contribution in [0.3, 0.4) is 0 Å². The van der Waals surface area contributed by atoms with Gasteiger partial charge in [0.05, 0.1) is 0 Å². The highest BCUT2D eigenvalue weighted by Crippen LogP contribution is 2.18. The van der Waals surface area contributed by atoms with Crippen LogP contribution in [0.5, 0.6) is 0 Å². The molecular weight excluding hydrogens is 769 g/mol. The van der Waals surface area contributed by atoms with E-state index in [-0.39, 0.29) is 31.1 Å². The average Bonchev–Trinajstić information content (AvgIpc) is 3.24. The van der Waals surface area contributed by atoms with Crippen molar-refractivity contribution in [2.45, 2.75) is 317 Å². The van der Waals surface area contributed by atoms with E-state index in [9.17, 15) is 14.4 Å². The van der Waals surface area contributed by atoms with Crippen LogP contribution >= 0.6 is 0 Å². The molecule has 0 aromatic rings. The fourth-order valence-electron chi connectivity index (χ4n) is 8.52. The molecule has 0 unspecified atom stereocenters. The molecule has 0 rings (SSSR count). The molecule has 1 atom stereocenters. The minimum absolute atomic E-state index is 0.0632. The summed E-state index contributed by atoms with van der Waals surface area (Å²) in [6.45, 7) is 11.4. The molecule has 0 fully saturated rings. The first-order valence-corrected chi connectivity index (χ1v) is 27.7. The minimum atomic E-state index is -0.762. The molecule has 0 saturated carbocycles. The predicted molar refractivity (Wildman–Crippen MR) is 266 cm³/mol. The lowest BCUT2D eigenvalue weighted by Gasteiger charge is -2.18. The summed E-state index contributed by atoms with van der Waals surface area (Å²) in [7, 11) is 0. The lowest BCUT2D eigenvalue weighted by atomic mass is 10.0. The van der Waals surface area contributed by atoms with E-state index in [0.717, 1.165) is 69.6 Å². The molecule has 6 heteroatoms. The van der Waals surface area contributed by atoms with Gasteiger partial charge in [0.1, 0.15) is 13.2 Å². The highest BCUT2D eigenvalue weighted by molar-refractivity contribution is 5.71. The van der Waals surface area contributed by atoms with Gasteiger partial charge < -0.3 is 14.2 Å². The van der Waals surface area contributed by atoms with E-state index in [1.165, 1.54) is 199 Å². The molecule has 62 heavy (non-hydrogen) atoms. The maximum atomic E-state index is 12.8. The third kappa shape index (κ3) is 49.4. The molecule has 0 aliphatic carbocycles. The number of esters is 3. The van der Waals surface area contributed by atoms with Gasteiger partial charge in [-0.05, 0) is 31.1 Å². The lowest BCUT2D eigenvalue weighted by molar-refractivity contribution is -0.167. The van der Waals surface area contributed by atoms with E-state index >= 15 is 0 Å². The maximum absolute atomic E-state index is 12.8. The van der Waals surface area contributed by atoms with Gasteiger partial charge >= 0.3 is 17.9 Å².